The largest absolute Gasteiger partial charge is 0.460 e. The van der Waals surface area contributed by atoms with E-state index in [9.17, 15) is 0 Å². The predicted molar refractivity (Wildman–Crippen MR) is 84.2 cm³/mol. The molecule has 0 bridgehead atoms. The molecule has 3 aromatic rings. The summed E-state index contributed by atoms with van der Waals surface area (Å²) in [6.07, 6.45) is 4.63. The van der Waals surface area contributed by atoms with Crippen LogP contribution >= 0.6 is 11.3 Å². The average molecular weight is 299 g/mol. The maximum absolute atomic E-state index is 5.61. The Labute approximate surface area is 127 Å². The van der Waals surface area contributed by atoms with E-state index in [1.807, 2.05) is 49.6 Å². The van der Waals surface area contributed by atoms with Gasteiger partial charge >= 0.3 is 0 Å². The number of nitrogens with one attached hydrogen (secondary N) is 1. The zero-order chi connectivity index (χ0) is 14.5. The fraction of sp³-hybridized carbons (Fsp3) is 0.250. The van der Waals surface area contributed by atoms with Crippen LogP contribution in [-0.2, 0) is 13.0 Å². The second-order valence-corrected chi connectivity index (χ2v) is 5.89. The van der Waals surface area contributed by atoms with Crippen LogP contribution in [0.3, 0.4) is 0 Å². The van der Waals surface area contributed by atoms with Crippen molar-refractivity contribution in [3.63, 3.8) is 0 Å². The van der Waals surface area contributed by atoms with E-state index < -0.39 is 0 Å². The second kappa shape index (κ2) is 6.65. The first-order chi connectivity index (χ1) is 10.3. The number of pyridine rings is 1. The summed E-state index contributed by atoms with van der Waals surface area (Å²) in [7, 11) is 0. The Morgan fingerprint density at radius 1 is 1.19 bits per heavy atom. The van der Waals surface area contributed by atoms with E-state index in [0.29, 0.717) is 0 Å². The first-order valence-electron chi connectivity index (χ1n) is 6.93. The van der Waals surface area contributed by atoms with Gasteiger partial charge in [0.05, 0.1) is 4.88 Å². The zero-order valence-electron chi connectivity index (χ0n) is 11.9. The molecule has 3 rings (SSSR count). The summed E-state index contributed by atoms with van der Waals surface area (Å²) in [5, 5.41) is 4.47. The Hall–Kier alpha value is -1.98. The van der Waals surface area contributed by atoms with Gasteiger partial charge in [-0.3, -0.25) is 4.98 Å². The van der Waals surface area contributed by atoms with Crippen LogP contribution in [0.5, 0.6) is 0 Å². The molecule has 0 spiro atoms. The fourth-order valence-corrected chi connectivity index (χ4v) is 2.88. The highest BCUT2D eigenvalue weighted by Crippen LogP contribution is 2.27. The van der Waals surface area contributed by atoms with Crippen molar-refractivity contribution in [3.05, 3.63) is 59.2 Å². The van der Waals surface area contributed by atoms with Gasteiger partial charge in [0.2, 0.25) is 0 Å². The maximum atomic E-state index is 5.61. The van der Waals surface area contributed by atoms with E-state index in [1.165, 1.54) is 0 Å². The van der Waals surface area contributed by atoms with Gasteiger partial charge in [-0.05, 0) is 31.2 Å². The molecule has 4 nitrogen and oxygen atoms in total. The third-order valence-electron chi connectivity index (χ3n) is 3.10. The number of aromatic nitrogens is 2. The number of nitrogens with zero attached hydrogens (tertiary/aromatic N) is 2. The Kier molecular flexibility index (Phi) is 4.43. The predicted octanol–water partition coefficient (Wildman–Crippen LogP) is 3.44. The molecule has 0 unspecified atom stereocenters. The van der Waals surface area contributed by atoms with Gasteiger partial charge in [0.25, 0.3) is 0 Å². The van der Waals surface area contributed by atoms with E-state index >= 15 is 0 Å². The van der Waals surface area contributed by atoms with Crippen molar-refractivity contribution in [1.82, 2.24) is 15.3 Å². The minimum absolute atomic E-state index is 0.775. The van der Waals surface area contributed by atoms with E-state index in [1.54, 1.807) is 11.3 Å². The van der Waals surface area contributed by atoms with Crippen molar-refractivity contribution >= 4 is 11.3 Å². The number of aryl methyl sites for hydroxylation is 1. The molecule has 0 aliphatic rings. The first-order valence-corrected chi connectivity index (χ1v) is 7.75. The molecule has 21 heavy (non-hydrogen) atoms. The molecule has 0 saturated carbocycles. The topological polar surface area (TPSA) is 51.0 Å². The summed E-state index contributed by atoms with van der Waals surface area (Å²) in [5.74, 6) is 1.82. The molecule has 3 aromatic heterocycles. The molecular formula is C16H17N3OS. The molecule has 0 aliphatic carbocycles. The summed E-state index contributed by atoms with van der Waals surface area (Å²) in [4.78, 5) is 9.80. The molecule has 1 N–H and O–H groups in total. The third kappa shape index (κ3) is 3.77. The quantitative estimate of drug-likeness (QED) is 0.708. The van der Waals surface area contributed by atoms with Crippen molar-refractivity contribution in [3.8, 4) is 10.6 Å². The van der Waals surface area contributed by atoms with Gasteiger partial charge in [-0.25, -0.2) is 4.98 Å². The number of hydrogen-bond donors (Lipinski definition) is 1. The standard InChI is InChI=1S/C16H17N3OS/c1-12-5-6-14(20-12)15-10-19-16(21-15)11-17-9-7-13-4-2-3-8-18-13/h2-6,8,10,17H,7,9,11H2,1H3. The van der Waals surface area contributed by atoms with E-state index in [2.05, 4.69) is 15.3 Å². The molecule has 108 valence electrons. The van der Waals surface area contributed by atoms with E-state index in [4.69, 9.17) is 4.42 Å². The van der Waals surface area contributed by atoms with Crippen molar-refractivity contribution in [2.24, 2.45) is 0 Å². The highest BCUT2D eigenvalue weighted by molar-refractivity contribution is 7.15. The van der Waals surface area contributed by atoms with Crippen LogP contribution in [0.4, 0.5) is 0 Å². The van der Waals surface area contributed by atoms with Crippen molar-refractivity contribution in [2.75, 3.05) is 6.54 Å². The average Bonchev–Trinajstić information content (AvgIpc) is 3.13. The Bertz CT molecular complexity index is 690. The smallest absolute Gasteiger partial charge is 0.145 e. The van der Waals surface area contributed by atoms with Crippen LogP contribution in [0.15, 0.2) is 47.1 Å². The van der Waals surface area contributed by atoms with Gasteiger partial charge < -0.3 is 9.73 Å². The van der Waals surface area contributed by atoms with Crippen LogP contribution in [0.25, 0.3) is 10.6 Å². The lowest BCUT2D eigenvalue weighted by molar-refractivity contribution is 0.549. The number of hydrogen-bond acceptors (Lipinski definition) is 5. The number of rotatable bonds is 6. The van der Waals surface area contributed by atoms with Crippen molar-refractivity contribution < 1.29 is 4.42 Å². The summed E-state index contributed by atoms with van der Waals surface area (Å²) in [5.41, 5.74) is 1.11. The van der Waals surface area contributed by atoms with Gasteiger partial charge in [-0.15, -0.1) is 11.3 Å². The summed E-state index contributed by atoms with van der Waals surface area (Å²) in [6.45, 7) is 3.62. The van der Waals surface area contributed by atoms with Crippen LogP contribution < -0.4 is 5.32 Å². The number of furan rings is 1. The van der Waals surface area contributed by atoms with E-state index in [0.717, 1.165) is 46.6 Å². The van der Waals surface area contributed by atoms with E-state index in [-0.39, 0.29) is 0 Å². The molecule has 0 aromatic carbocycles. The number of thiazole rings is 1. The molecule has 5 heteroatoms. The molecule has 0 saturated heterocycles. The molecule has 0 atom stereocenters. The maximum Gasteiger partial charge on any atom is 0.145 e. The molecule has 0 fully saturated rings. The molecule has 0 aliphatic heterocycles. The van der Waals surface area contributed by atoms with Crippen LogP contribution in [0.2, 0.25) is 0 Å². The minimum Gasteiger partial charge on any atom is -0.460 e. The second-order valence-electron chi connectivity index (χ2n) is 4.78. The highest BCUT2D eigenvalue weighted by atomic mass is 32.1. The lowest BCUT2D eigenvalue weighted by Crippen LogP contribution is -2.16. The van der Waals surface area contributed by atoms with Crippen LogP contribution in [0, 0.1) is 6.92 Å². The van der Waals surface area contributed by atoms with Crippen LogP contribution in [-0.4, -0.2) is 16.5 Å². The molecular weight excluding hydrogens is 282 g/mol. The Morgan fingerprint density at radius 2 is 2.14 bits per heavy atom. The van der Waals surface area contributed by atoms with Gasteiger partial charge in [-0.2, -0.15) is 0 Å². The molecule has 0 amide bonds. The lowest BCUT2D eigenvalue weighted by atomic mass is 10.3. The van der Waals surface area contributed by atoms with Crippen molar-refractivity contribution in [2.45, 2.75) is 19.9 Å². The summed E-state index contributed by atoms with van der Waals surface area (Å²) in [6, 6.07) is 9.95. The monoisotopic (exact) mass is 299 g/mol. The SMILES string of the molecule is Cc1ccc(-c2cnc(CNCCc3ccccn3)s2)o1. The van der Waals surface area contributed by atoms with Gasteiger partial charge in [0.1, 0.15) is 16.5 Å². The fourth-order valence-electron chi connectivity index (χ4n) is 2.03. The van der Waals surface area contributed by atoms with Crippen LogP contribution in [0.1, 0.15) is 16.5 Å². The normalized spacial score (nSPS) is 10.9. The Balaban J connectivity index is 1.49. The summed E-state index contributed by atoms with van der Waals surface area (Å²) < 4.78 is 5.61. The molecule has 0 radical (unpaired) electrons. The summed E-state index contributed by atoms with van der Waals surface area (Å²) >= 11 is 1.66. The van der Waals surface area contributed by atoms with Gasteiger partial charge in [0.15, 0.2) is 0 Å². The third-order valence-corrected chi connectivity index (χ3v) is 4.11. The highest BCUT2D eigenvalue weighted by Gasteiger charge is 2.07. The minimum atomic E-state index is 0.775. The Morgan fingerprint density at radius 3 is 2.90 bits per heavy atom. The first kappa shape index (κ1) is 14.0. The van der Waals surface area contributed by atoms with Gasteiger partial charge in [-0.1, -0.05) is 6.07 Å². The lowest BCUT2D eigenvalue weighted by Gasteiger charge is -2.01. The zero-order valence-corrected chi connectivity index (χ0v) is 12.7. The molecule has 3 heterocycles. The van der Waals surface area contributed by atoms with Crippen molar-refractivity contribution in [1.29, 1.82) is 0 Å². The van der Waals surface area contributed by atoms with Gasteiger partial charge in [0, 0.05) is 37.6 Å².